The maximum absolute atomic E-state index is 10.4. The third-order valence-corrected chi connectivity index (χ3v) is 8.97. The van der Waals surface area contributed by atoms with Crippen LogP contribution in [0.1, 0.15) is 92.4 Å². The van der Waals surface area contributed by atoms with Crippen LogP contribution >= 0.6 is 0 Å². The molecule has 3 N–H and O–H groups in total. The van der Waals surface area contributed by atoms with Gasteiger partial charge in [0, 0.05) is 5.92 Å². The molecule has 0 saturated heterocycles. The Bertz CT molecular complexity index is 712. The smallest absolute Gasteiger partial charge is 0.0837 e. The van der Waals surface area contributed by atoms with Crippen molar-refractivity contribution in [3.63, 3.8) is 0 Å². The van der Waals surface area contributed by atoms with E-state index in [1.807, 2.05) is 20.8 Å². The van der Waals surface area contributed by atoms with Gasteiger partial charge in [0.15, 0.2) is 0 Å². The van der Waals surface area contributed by atoms with Gasteiger partial charge in [-0.3, -0.25) is 0 Å². The lowest BCUT2D eigenvalue weighted by Crippen LogP contribution is -2.36. The van der Waals surface area contributed by atoms with Crippen LogP contribution in [0.2, 0.25) is 0 Å². The van der Waals surface area contributed by atoms with Gasteiger partial charge in [-0.1, -0.05) is 57.9 Å². The molecule has 0 radical (unpaired) electrons. The second-order valence-electron chi connectivity index (χ2n) is 11.8. The number of aliphatic hydroxyl groups is 3. The van der Waals surface area contributed by atoms with E-state index in [-0.39, 0.29) is 5.92 Å². The second kappa shape index (κ2) is 9.53. The SMILES string of the molecule is C=C1C(=CC=C2CCCC3(C)C2CCC3[C@@H](C)CCCC(C)(C)O)C[C@H](O)[C@H](C)[C@H]1O. The van der Waals surface area contributed by atoms with Crippen molar-refractivity contribution in [3.05, 3.63) is 35.5 Å². The minimum absolute atomic E-state index is 0.149. The van der Waals surface area contributed by atoms with Crippen LogP contribution in [-0.2, 0) is 0 Å². The van der Waals surface area contributed by atoms with Crippen LogP contribution in [0.3, 0.4) is 0 Å². The van der Waals surface area contributed by atoms with E-state index in [0.717, 1.165) is 36.3 Å². The van der Waals surface area contributed by atoms with Crippen molar-refractivity contribution in [2.24, 2.45) is 29.1 Å². The first-order chi connectivity index (χ1) is 14.4. The summed E-state index contributed by atoms with van der Waals surface area (Å²) < 4.78 is 0. The Kier molecular flexibility index (Phi) is 7.61. The molecule has 0 aromatic heterocycles. The monoisotopic (exact) mass is 430 g/mol. The number of hydrogen-bond acceptors (Lipinski definition) is 3. The molecule has 3 fully saturated rings. The van der Waals surface area contributed by atoms with Gasteiger partial charge in [0.05, 0.1) is 17.8 Å². The van der Waals surface area contributed by atoms with Crippen molar-refractivity contribution >= 4 is 0 Å². The maximum Gasteiger partial charge on any atom is 0.0837 e. The first-order valence-corrected chi connectivity index (χ1v) is 12.6. The van der Waals surface area contributed by atoms with Crippen LogP contribution in [0.4, 0.5) is 0 Å². The summed E-state index contributed by atoms with van der Waals surface area (Å²) in [5.41, 5.74) is 3.15. The Morgan fingerprint density at radius 1 is 1.23 bits per heavy atom. The summed E-state index contributed by atoms with van der Waals surface area (Å²) in [6.07, 6.45) is 13.4. The zero-order valence-corrected chi connectivity index (χ0v) is 20.5. The Balaban J connectivity index is 1.71. The van der Waals surface area contributed by atoms with Crippen molar-refractivity contribution in [1.29, 1.82) is 0 Å². The summed E-state index contributed by atoms with van der Waals surface area (Å²) in [5.74, 6) is 1.94. The summed E-state index contributed by atoms with van der Waals surface area (Å²) in [4.78, 5) is 0. The topological polar surface area (TPSA) is 60.7 Å². The molecular formula is C28H46O3. The Hall–Kier alpha value is -0.900. The van der Waals surface area contributed by atoms with E-state index in [9.17, 15) is 15.3 Å². The van der Waals surface area contributed by atoms with E-state index in [2.05, 4.69) is 32.6 Å². The van der Waals surface area contributed by atoms with E-state index >= 15 is 0 Å². The number of hydrogen-bond donors (Lipinski definition) is 3. The van der Waals surface area contributed by atoms with E-state index in [0.29, 0.717) is 23.7 Å². The third-order valence-electron chi connectivity index (χ3n) is 8.97. The van der Waals surface area contributed by atoms with E-state index in [1.165, 1.54) is 32.1 Å². The summed E-state index contributed by atoms with van der Waals surface area (Å²) in [6, 6.07) is 0. The molecule has 7 atom stereocenters. The fourth-order valence-electron chi connectivity index (χ4n) is 6.91. The highest BCUT2D eigenvalue weighted by Crippen LogP contribution is 2.60. The van der Waals surface area contributed by atoms with E-state index in [4.69, 9.17) is 0 Å². The van der Waals surface area contributed by atoms with Crippen molar-refractivity contribution < 1.29 is 15.3 Å². The maximum atomic E-state index is 10.4. The molecule has 3 saturated carbocycles. The molecular weight excluding hydrogens is 384 g/mol. The van der Waals surface area contributed by atoms with Gasteiger partial charge in [0.2, 0.25) is 0 Å². The van der Waals surface area contributed by atoms with Crippen molar-refractivity contribution in [2.45, 2.75) is 110 Å². The van der Waals surface area contributed by atoms with Crippen LogP contribution in [-0.4, -0.2) is 33.1 Å². The molecule has 3 heteroatoms. The van der Waals surface area contributed by atoms with Gasteiger partial charge in [-0.05, 0) is 93.1 Å². The molecule has 3 aliphatic carbocycles. The minimum Gasteiger partial charge on any atom is -0.392 e. The molecule has 0 aromatic carbocycles. The molecule has 0 amide bonds. The Morgan fingerprint density at radius 3 is 2.61 bits per heavy atom. The standard InChI is InChI=1S/C28H46O3/c1-18(9-7-15-27(4,5)31)23-13-14-24-21(10-8-16-28(23,24)6)11-12-22-17-25(29)20(3)26(30)19(22)2/h11-12,18,20,23-26,29-31H,2,7-10,13-17H2,1,3-6H3/t18-,20-,23?,24?,25-,26-,28?/m0/s1. The average Bonchev–Trinajstić information content (AvgIpc) is 3.04. The second-order valence-corrected chi connectivity index (χ2v) is 11.8. The number of aliphatic hydroxyl groups excluding tert-OH is 2. The molecule has 3 unspecified atom stereocenters. The van der Waals surface area contributed by atoms with Crippen LogP contribution in [0.15, 0.2) is 35.5 Å². The average molecular weight is 431 g/mol. The lowest BCUT2D eigenvalue weighted by Gasteiger charge is -2.44. The molecule has 0 aliphatic heterocycles. The number of fused-ring (bicyclic) bond motifs is 1. The number of allylic oxidation sites excluding steroid dienone is 3. The lowest BCUT2D eigenvalue weighted by molar-refractivity contribution is 0.0283. The molecule has 0 heterocycles. The summed E-state index contributed by atoms with van der Waals surface area (Å²) >= 11 is 0. The first-order valence-electron chi connectivity index (χ1n) is 12.6. The predicted molar refractivity (Wildman–Crippen MR) is 129 cm³/mol. The van der Waals surface area contributed by atoms with Gasteiger partial charge in [-0.2, -0.15) is 0 Å². The molecule has 3 rings (SSSR count). The van der Waals surface area contributed by atoms with E-state index < -0.39 is 17.8 Å². The highest BCUT2D eigenvalue weighted by Gasteiger charge is 2.50. The molecule has 3 nitrogen and oxygen atoms in total. The lowest BCUT2D eigenvalue weighted by atomic mass is 9.60. The normalized spacial score (nSPS) is 40.4. The molecule has 0 bridgehead atoms. The third kappa shape index (κ3) is 5.37. The van der Waals surface area contributed by atoms with Crippen molar-refractivity contribution in [1.82, 2.24) is 0 Å². The Labute approximate surface area is 190 Å². The zero-order valence-electron chi connectivity index (χ0n) is 20.5. The van der Waals surface area contributed by atoms with Crippen LogP contribution in [0.5, 0.6) is 0 Å². The quantitative estimate of drug-likeness (QED) is 0.488. The fourth-order valence-corrected chi connectivity index (χ4v) is 6.91. The highest BCUT2D eigenvalue weighted by molar-refractivity contribution is 5.39. The van der Waals surface area contributed by atoms with Crippen molar-refractivity contribution in [3.8, 4) is 0 Å². The van der Waals surface area contributed by atoms with Crippen LogP contribution in [0, 0.1) is 29.1 Å². The molecule has 176 valence electrons. The molecule has 0 spiro atoms. The minimum atomic E-state index is -0.648. The predicted octanol–water partition coefficient (Wildman–Crippen LogP) is 5.95. The van der Waals surface area contributed by atoms with Gasteiger partial charge in [-0.15, -0.1) is 0 Å². The van der Waals surface area contributed by atoms with Crippen LogP contribution < -0.4 is 0 Å². The number of rotatable bonds is 6. The summed E-state index contributed by atoms with van der Waals surface area (Å²) in [5, 5.41) is 30.7. The Morgan fingerprint density at radius 2 is 1.94 bits per heavy atom. The largest absolute Gasteiger partial charge is 0.392 e. The van der Waals surface area contributed by atoms with Gasteiger partial charge < -0.3 is 15.3 Å². The van der Waals surface area contributed by atoms with Crippen LogP contribution in [0.25, 0.3) is 0 Å². The van der Waals surface area contributed by atoms with Gasteiger partial charge >= 0.3 is 0 Å². The summed E-state index contributed by atoms with van der Waals surface area (Å²) in [7, 11) is 0. The zero-order chi connectivity index (χ0) is 23.0. The highest BCUT2D eigenvalue weighted by atomic mass is 16.3. The van der Waals surface area contributed by atoms with Crippen molar-refractivity contribution in [2.75, 3.05) is 0 Å². The van der Waals surface area contributed by atoms with E-state index in [1.54, 1.807) is 5.57 Å². The van der Waals surface area contributed by atoms with Gasteiger partial charge in [-0.25, -0.2) is 0 Å². The van der Waals surface area contributed by atoms with Gasteiger partial charge in [0.1, 0.15) is 0 Å². The van der Waals surface area contributed by atoms with Gasteiger partial charge in [0.25, 0.3) is 0 Å². The summed E-state index contributed by atoms with van der Waals surface area (Å²) in [6.45, 7) is 14.8. The molecule has 3 aliphatic rings. The molecule has 0 aromatic rings. The molecule has 31 heavy (non-hydrogen) atoms. The fraction of sp³-hybridized carbons (Fsp3) is 0.786. The first kappa shape index (κ1) is 24.7.